The van der Waals surface area contributed by atoms with Gasteiger partial charge in [-0.1, -0.05) is 17.7 Å². The maximum Gasteiger partial charge on any atom is 0.326 e. The van der Waals surface area contributed by atoms with Crippen LogP contribution in [0.3, 0.4) is 0 Å². The minimum Gasteiger partial charge on any atom is -0.484 e. The van der Waals surface area contributed by atoms with Crippen molar-refractivity contribution in [3.05, 3.63) is 29.8 Å². The van der Waals surface area contributed by atoms with E-state index in [0.717, 1.165) is 18.4 Å². The van der Waals surface area contributed by atoms with Crippen LogP contribution in [0.1, 0.15) is 18.4 Å². The smallest absolute Gasteiger partial charge is 0.326 e. The Morgan fingerprint density at radius 1 is 1.37 bits per heavy atom. The van der Waals surface area contributed by atoms with E-state index in [1.54, 1.807) is 12.1 Å². The summed E-state index contributed by atoms with van der Waals surface area (Å²) in [4.78, 5) is 22.6. The predicted octanol–water partition coefficient (Wildman–Crippen LogP) is 1.35. The molecule has 0 bridgehead atoms. The Balaban J connectivity index is 1.80. The second kappa shape index (κ2) is 5.73. The molecule has 1 aromatic rings. The fraction of sp³-hybridized carbons (Fsp3) is 0.429. The fourth-order valence-electron chi connectivity index (χ4n) is 1.81. The first-order valence-corrected chi connectivity index (χ1v) is 6.28. The van der Waals surface area contributed by atoms with E-state index in [9.17, 15) is 9.59 Å². The molecule has 2 N–H and O–H groups in total. The highest BCUT2D eigenvalue weighted by Gasteiger charge is 2.37. The number of nitrogens with one attached hydrogen (secondary N) is 1. The minimum absolute atomic E-state index is 0.0702. The topological polar surface area (TPSA) is 75.6 Å². The first-order chi connectivity index (χ1) is 9.06. The van der Waals surface area contributed by atoms with Crippen LogP contribution in [0.2, 0.25) is 0 Å². The van der Waals surface area contributed by atoms with Gasteiger partial charge >= 0.3 is 5.97 Å². The number of carboxylic acids is 1. The molecule has 5 heteroatoms. The van der Waals surface area contributed by atoms with Crippen LogP contribution in [0.25, 0.3) is 0 Å². The predicted molar refractivity (Wildman–Crippen MR) is 69.0 cm³/mol. The first-order valence-electron chi connectivity index (χ1n) is 6.28. The summed E-state index contributed by atoms with van der Waals surface area (Å²) in [6.45, 7) is 1.79. The molecule has 0 heterocycles. The Morgan fingerprint density at radius 2 is 2.00 bits per heavy atom. The monoisotopic (exact) mass is 263 g/mol. The van der Waals surface area contributed by atoms with Crippen molar-refractivity contribution in [2.24, 2.45) is 5.92 Å². The van der Waals surface area contributed by atoms with E-state index in [0.29, 0.717) is 5.75 Å². The van der Waals surface area contributed by atoms with E-state index >= 15 is 0 Å². The molecule has 0 aromatic heterocycles. The van der Waals surface area contributed by atoms with Gasteiger partial charge in [0.2, 0.25) is 0 Å². The molecule has 0 radical (unpaired) electrons. The third-order valence-electron chi connectivity index (χ3n) is 3.07. The number of hydrogen-bond acceptors (Lipinski definition) is 3. The molecular formula is C14H17NO4. The lowest BCUT2D eigenvalue weighted by Gasteiger charge is -2.13. The average Bonchev–Trinajstić information content (AvgIpc) is 3.19. The summed E-state index contributed by atoms with van der Waals surface area (Å²) in [6.07, 6.45) is 1.71. The van der Waals surface area contributed by atoms with Crippen LogP contribution < -0.4 is 10.1 Å². The average molecular weight is 263 g/mol. The second-order valence-corrected chi connectivity index (χ2v) is 4.82. The molecule has 1 atom stereocenters. The van der Waals surface area contributed by atoms with Crippen LogP contribution in [0.15, 0.2) is 24.3 Å². The van der Waals surface area contributed by atoms with Crippen LogP contribution in [-0.2, 0) is 9.59 Å². The van der Waals surface area contributed by atoms with Crippen molar-refractivity contribution in [3.8, 4) is 5.75 Å². The number of carboxylic acid groups (broad SMARTS) is 1. The highest BCUT2D eigenvalue weighted by Crippen LogP contribution is 2.32. The summed E-state index contributed by atoms with van der Waals surface area (Å²) < 4.78 is 5.30. The highest BCUT2D eigenvalue weighted by molar-refractivity contribution is 5.84. The number of rotatable bonds is 6. The van der Waals surface area contributed by atoms with Crippen LogP contribution in [-0.4, -0.2) is 29.6 Å². The number of aryl methyl sites for hydroxylation is 1. The number of hydrogen-bond donors (Lipinski definition) is 2. The highest BCUT2D eigenvalue weighted by atomic mass is 16.5. The van der Waals surface area contributed by atoms with E-state index in [-0.39, 0.29) is 12.5 Å². The normalized spacial score (nSPS) is 15.6. The number of aliphatic carboxylic acids is 1. The summed E-state index contributed by atoms with van der Waals surface area (Å²) in [5.74, 6) is -0.717. The van der Waals surface area contributed by atoms with Gasteiger partial charge in [-0.2, -0.15) is 0 Å². The van der Waals surface area contributed by atoms with Crippen molar-refractivity contribution < 1.29 is 19.4 Å². The van der Waals surface area contributed by atoms with Crippen molar-refractivity contribution >= 4 is 11.9 Å². The molecule has 0 saturated heterocycles. The zero-order valence-electron chi connectivity index (χ0n) is 10.8. The molecule has 1 saturated carbocycles. The number of benzene rings is 1. The SMILES string of the molecule is Cc1ccc(OCC(=O)NC(C(=O)O)C2CC2)cc1. The van der Waals surface area contributed by atoms with E-state index in [1.165, 1.54) is 0 Å². The fourth-order valence-corrected chi connectivity index (χ4v) is 1.81. The molecule has 1 fully saturated rings. The molecular weight excluding hydrogens is 246 g/mol. The molecule has 5 nitrogen and oxygen atoms in total. The zero-order chi connectivity index (χ0) is 13.8. The van der Waals surface area contributed by atoms with Crippen molar-refractivity contribution in [1.82, 2.24) is 5.32 Å². The standard InChI is InChI=1S/C14H17NO4/c1-9-2-6-11(7-3-9)19-8-12(16)15-13(14(17)18)10-4-5-10/h2-3,6-7,10,13H,4-5,8H2,1H3,(H,15,16)(H,17,18). The number of amides is 1. The quantitative estimate of drug-likeness (QED) is 0.812. The van der Waals surface area contributed by atoms with Crippen LogP contribution >= 0.6 is 0 Å². The second-order valence-electron chi connectivity index (χ2n) is 4.82. The van der Waals surface area contributed by atoms with Crippen LogP contribution in [0.5, 0.6) is 5.75 Å². The Hall–Kier alpha value is -2.04. The first kappa shape index (κ1) is 13.4. The maximum absolute atomic E-state index is 11.6. The van der Waals surface area contributed by atoms with Crippen molar-refractivity contribution in [2.45, 2.75) is 25.8 Å². The summed E-state index contributed by atoms with van der Waals surface area (Å²) >= 11 is 0. The lowest BCUT2D eigenvalue weighted by molar-refractivity contribution is -0.142. The van der Waals surface area contributed by atoms with Gasteiger partial charge in [-0.15, -0.1) is 0 Å². The molecule has 2 rings (SSSR count). The van der Waals surface area contributed by atoms with Gasteiger partial charge in [-0.3, -0.25) is 4.79 Å². The van der Waals surface area contributed by atoms with Gasteiger partial charge in [0.25, 0.3) is 5.91 Å². The molecule has 1 amide bonds. The van der Waals surface area contributed by atoms with Crippen molar-refractivity contribution in [2.75, 3.05) is 6.61 Å². The third-order valence-corrected chi connectivity index (χ3v) is 3.07. The number of ether oxygens (including phenoxy) is 1. The Bertz CT molecular complexity index is 465. The summed E-state index contributed by atoms with van der Waals surface area (Å²) in [5.41, 5.74) is 1.11. The third kappa shape index (κ3) is 3.98. The largest absolute Gasteiger partial charge is 0.484 e. The van der Waals surface area contributed by atoms with E-state index < -0.39 is 17.9 Å². The summed E-state index contributed by atoms with van der Waals surface area (Å²) in [5, 5.41) is 11.5. The summed E-state index contributed by atoms with van der Waals surface area (Å²) in [7, 11) is 0. The lowest BCUT2D eigenvalue weighted by Crippen LogP contribution is -2.44. The van der Waals surface area contributed by atoms with Gasteiger partial charge in [0, 0.05) is 0 Å². The van der Waals surface area contributed by atoms with E-state index in [1.807, 2.05) is 19.1 Å². The molecule has 1 aromatic carbocycles. The zero-order valence-corrected chi connectivity index (χ0v) is 10.8. The Kier molecular flexibility index (Phi) is 4.04. The number of carbonyl (C=O) groups excluding carboxylic acids is 1. The summed E-state index contributed by atoms with van der Waals surface area (Å²) in [6, 6.07) is 6.54. The van der Waals surface area contributed by atoms with Gasteiger partial charge in [0.05, 0.1) is 0 Å². The molecule has 19 heavy (non-hydrogen) atoms. The van der Waals surface area contributed by atoms with Crippen molar-refractivity contribution in [3.63, 3.8) is 0 Å². The van der Waals surface area contributed by atoms with Gasteiger partial charge in [0.1, 0.15) is 11.8 Å². The Labute approximate surface area is 111 Å². The molecule has 0 spiro atoms. The molecule has 1 aliphatic rings. The molecule has 1 unspecified atom stereocenters. The van der Waals surface area contributed by atoms with Gasteiger partial charge in [-0.05, 0) is 37.8 Å². The minimum atomic E-state index is -0.980. The molecule has 0 aliphatic heterocycles. The van der Waals surface area contributed by atoms with Gasteiger partial charge in [-0.25, -0.2) is 4.79 Å². The van der Waals surface area contributed by atoms with Crippen LogP contribution in [0, 0.1) is 12.8 Å². The van der Waals surface area contributed by atoms with Crippen molar-refractivity contribution in [1.29, 1.82) is 0 Å². The van der Waals surface area contributed by atoms with Gasteiger partial charge < -0.3 is 15.2 Å². The van der Waals surface area contributed by atoms with Crippen LogP contribution in [0.4, 0.5) is 0 Å². The number of carbonyl (C=O) groups is 2. The van der Waals surface area contributed by atoms with E-state index in [4.69, 9.17) is 9.84 Å². The van der Waals surface area contributed by atoms with E-state index in [2.05, 4.69) is 5.32 Å². The lowest BCUT2D eigenvalue weighted by atomic mass is 10.2. The van der Waals surface area contributed by atoms with Gasteiger partial charge in [0.15, 0.2) is 6.61 Å². The molecule has 1 aliphatic carbocycles. The maximum atomic E-state index is 11.6. The Morgan fingerprint density at radius 3 is 2.53 bits per heavy atom. The molecule has 102 valence electrons.